The molecule has 0 fully saturated rings. The number of benzene rings is 2. The van der Waals surface area contributed by atoms with Crippen molar-refractivity contribution in [2.45, 2.75) is 11.4 Å². The Bertz CT molecular complexity index is 938. The summed E-state index contributed by atoms with van der Waals surface area (Å²) in [5, 5.41) is 0. The summed E-state index contributed by atoms with van der Waals surface area (Å²) in [5.74, 6) is 3.16. The van der Waals surface area contributed by atoms with Gasteiger partial charge in [-0.2, -0.15) is 0 Å². The molecule has 0 aliphatic carbocycles. The Morgan fingerprint density at radius 3 is 2.17 bits per heavy atom. The van der Waals surface area contributed by atoms with Gasteiger partial charge in [-0.3, -0.25) is 0 Å². The molecule has 0 aliphatic rings. The summed E-state index contributed by atoms with van der Waals surface area (Å²) in [6.07, 6.45) is 1.50. The van der Waals surface area contributed by atoms with Gasteiger partial charge in [-0.25, -0.2) is 12.7 Å². The summed E-state index contributed by atoms with van der Waals surface area (Å²) in [6.45, 7) is 0.159. The minimum Gasteiger partial charge on any atom is -0.456 e. The average Bonchev–Trinajstić information content (AvgIpc) is 3.13. The summed E-state index contributed by atoms with van der Waals surface area (Å²) >= 11 is 0. The maximum absolute atomic E-state index is 12.9. The molecule has 2 aromatic carbocycles. The fourth-order valence-corrected chi connectivity index (χ4v) is 3.36. The summed E-state index contributed by atoms with van der Waals surface area (Å²) in [7, 11) is -3.73. The molecule has 0 saturated carbocycles. The van der Waals surface area contributed by atoms with Crippen LogP contribution in [0.1, 0.15) is 11.3 Å². The van der Waals surface area contributed by atoms with Gasteiger partial charge in [0.05, 0.1) is 17.7 Å². The van der Waals surface area contributed by atoms with E-state index in [2.05, 4.69) is 12.0 Å². The highest BCUT2D eigenvalue weighted by Gasteiger charge is 2.22. The molecule has 1 aromatic heterocycles. The van der Waals surface area contributed by atoms with Crippen molar-refractivity contribution in [3.63, 3.8) is 0 Å². The van der Waals surface area contributed by atoms with Gasteiger partial charge >= 0.3 is 0 Å². The zero-order valence-corrected chi connectivity index (χ0v) is 13.6. The lowest BCUT2D eigenvalue weighted by atomic mass is 10.2. The zero-order valence-electron chi connectivity index (χ0n) is 12.8. The van der Waals surface area contributed by atoms with Gasteiger partial charge in [-0.05, 0) is 35.7 Å². The van der Waals surface area contributed by atoms with E-state index in [0.29, 0.717) is 5.76 Å². The van der Waals surface area contributed by atoms with Crippen molar-refractivity contribution in [1.82, 2.24) is 4.31 Å². The molecule has 0 amide bonds. The van der Waals surface area contributed by atoms with Crippen LogP contribution in [0.15, 0.2) is 88.4 Å². The van der Waals surface area contributed by atoms with Crippen molar-refractivity contribution < 1.29 is 12.8 Å². The third-order valence-electron chi connectivity index (χ3n) is 3.33. The van der Waals surface area contributed by atoms with Crippen LogP contribution in [-0.4, -0.2) is 12.7 Å². The maximum atomic E-state index is 12.9. The fraction of sp³-hybridized carbons (Fsp3) is 0.0526. The van der Waals surface area contributed by atoms with Crippen LogP contribution in [0.3, 0.4) is 0 Å². The highest BCUT2D eigenvalue weighted by molar-refractivity contribution is 7.89. The molecule has 5 heteroatoms. The molecule has 0 unspecified atom stereocenters. The lowest BCUT2D eigenvalue weighted by Crippen LogP contribution is -2.26. The van der Waals surface area contributed by atoms with E-state index in [1.54, 1.807) is 42.5 Å². The molecule has 0 spiro atoms. The van der Waals surface area contributed by atoms with E-state index in [1.165, 1.54) is 6.26 Å². The van der Waals surface area contributed by atoms with Gasteiger partial charge in [0.1, 0.15) is 0 Å². The molecule has 3 rings (SSSR count). The second-order valence-corrected chi connectivity index (χ2v) is 6.89. The average molecular weight is 337 g/mol. The summed E-state index contributed by atoms with van der Waals surface area (Å²) in [6, 6.07) is 23.7. The first kappa shape index (κ1) is 15.9. The van der Waals surface area contributed by atoms with E-state index in [-0.39, 0.29) is 11.4 Å². The largest absolute Gasteiger partial charge is 0.456 e. The van der Waals surface area contributed by atoms with E-state index in [9.17, 15) is 8.42 Å². The monoisotopic (exact) mass is 337 g/mol. The molecule has 0 radical (unpaired) electrons. The van der Waals surface area contributed by atoms with Crippen molar-refractivity contribution in [2.24, 2.45) is 0 Å². The van der Waals surface area contributed by atoms with Gasteiger partial charge in [-0.1, -0.05) is 48.5 Å². The fourth-order valence-electron chi connectivity index (χ4n) is 2.12. The molecule has 0 aliphatic heterocycles. The second-order valence-electron chi connectivity index (χ2n) is 5.02. The van der Waals surface area contributed by atoms with Crippen LogP contribution in [0, 0.1) is 12.0 Å². The highest BCUT2D eigenvalue weighted by Crippen LogP contribution is 2.17. The van der Waals surface area contributed by atoms with E-state index in [1.807, 2.05) is 30.3 Å². The Balaban J connectivity index is 1.98. The van der Waals surface area contributed by atoms with Crippen LogP contribution in [0.5, 0.6) is 0 Å². The minimum absolute atomic E-state index is 0.159. The Hall–Kier alpha value is -2.97. The first-order valence-corrected chi connectivity index (χ1v) is 8.77. The van der Waals surface area contributed by atoms with Crippen molar-refractivity contribution >= 4 is 10.0 Å². The molecule has 4 nitrogen and oxygen atoms in total. The predicted molar refractivity (Wildman–Crippen MR) is 91.2 cm³/mol. The SMILES string of the molecule is O=S(=O)(c1ccccc1)N(C#Cc1ccco1)Cc1ccccc1. The van der Waals surface area contributed by atoms with E-state index < -0.39 is 10.0 Å². The van der Waals surface area contributed by atoms with Crippen molar-refractivity contribution in [3.8, 4) is 12.0 Å². The molecular weight excluding hydrogens is 322 g/mol. The lowest BCUT2D eigenvalue weighted by Gasteiger charge is -2.18. The molecular formula is C19H15NO3S. The second kappa shape index (κ2) is 7.07. The zero-order chi connectivity index (χ0) is 16.8. The van der Waals surface area contributed by atoms with Gasteiger partial charge in [0.15, 0.2) is 5.76 Å². The van der Waals surface area contributed by atoms with Crippen LogP contribution in [-0.2, 0) is 16.6 Å². The molecule has 0 saturated heterocycles. The number of sulfonamides is 1. The van der Waals surface area contributed by atoms with Crippen molar-refractivity contribution in [2.75, 3.05) is 0 Å². The Labute approximate surface area is 141 Å². The van der Waals surface area contributed by atoms with E-state index >= 15 is 0 Å². The van der Waals surface area contributed by atoms with Crippen molar-refractivity contribution in [1.29, 1.82) is 0 Å². The molecule has 0 N–H and O–H groups in total. The topological polar surface area (TPSA) is 50.5 Å². The quantitative estimate of drug-likeness (QED) is 0.541. The third-order valence-corrected chi connectivity index (χ3v) is 4.99. The first-order chi connectivity index (χ1) is 11.7. The normalized spacial score (nSPS) is 10.7. The third kappa shape index (κ3) is 3.67. The molecule has 0 bridgehead atoms. The number of furan rings is 1. The smallest absolute Gasteiger partial charge is 0.271 e. The van der Waals surface area contributed by atoms with Crippen LogP contribution >= 0.6 is 0 Å². The molecule has 0 atom stereocenters. The molecule has 3 aromatic rings. The van der Waals surface area contributed by atoms with Crippen LogP contribution in [0.2, 0.25) is 0 Å². The number of hydrogen-bond donors (Lipinski definition) is 0. The van der Waals surface area contributed by atoms with Gasteiger partial charge in [0.2, 0.25) is 0 Å². The summed E-state index contributed by atoms with van der Waals surface area (Å²) < 4.78 is 32.1. The molecule has 24 heavy (non-hydrogen) atoms. The summed E-state index contributed by atoms with van der Waals surface area (Å²) in [5.41, 5.74) is 0.853. The highest BCUT2D eigenvalue weighted by atomic mass is 32.2. The van der Waals surface area contributed by atoms with Crippen molar-refractivity contribution in [3.05, 3.63) is 90.4 Å². The number of nitrogens with zero attached hydrogens (tertiary/aromatic N) is 1. The molecule has 120 valence electrons. The van der Waals surface area contributed by atoms with E-state index in [0.717, 1.165) is 9.87 Å². The number of rotatable bonds is 4. The molecule has 1 heterocycles. The van der Waals surface area contributed by atoms with Gasteiger partial charge in [0, 0.05) is 6.04 Å². The van der Waals surface area contributed by atoms with Gasteiger partial charge in [-0.15, -0.1) is 0 Å². The number of hydrogen-bond acceptors (Lipinski definition) is 3. The van der Waals surface area contributed by atoms with Crippen LogP contribution in [0.4, 0.5) is 0 Å². The van der Waals surface area contributed by atoms with Crippen LogP contribution in [0.25, 0.3) is 0 Å². The minimum atomic E-state index is -3.73. The Morgan fingerprint density at radius 2 is 1.54 bits per heavy atom. The lowest BCUT2D eigenvalue weighted by molar-refractivity contribution is 0.507. The van der Waals surface area contributed by atoms with E-state index in [4.69, 9.17) is 4.42 Å². The maximum Gasteiger partial charge on any atom is 0.271 e. The predicted octanol–water partition coefficient (Wildman–Crippen LogP) is 3.48. The Kier molecular flexibility index (Phi) is 4.69. The Morgan fingerprint density at radius 1 is 0.875 bits per heavy atom. The van der Waals surface area contributed by atoms with Gasteiger partial charge in [0.25, 0.3) is 10.0 Å². The standard InChI is InChI=1S/C19H15NO3S/c21-24(22,19-11-5-2-6-12-19)20(14-13-18-10-7-15-23-18)16-17-8-3-1-4-9-17/h1-12,15H,16H2. The first-order valence-electron chi connectivity index (χ1n) is 7.33. The van der Waals surface area contributed by atoms with Gasteiger partial charge < -0.3 is 4.42 Å². The van der Waals surface area contributed by atoms with Crippen LogP contribution < -0.4 is 0 Å². The summed E-state index contributed by atoms with van der Waals surface area (Å²) in [4.78, 5) is 0.203.